The fourth-order valence-corrected chi connectivity index (χ4v) is 1.95. The Kier molecular flexibility index (Phi) is 5.67. The molecule has 0 atom stereocenters. The summed E-state index contributed by atoms with van der Waals surface area (Å²) in [5.41, 5.74) is 4.95. The Hall–Kier alpha value is -3.42. The molecule has 8 nitrogen and oxygen atoms in total. The lowest BCUT2D eigenvalue weighted by Gasteiger charge is -2.10. The molecular weight excluding hydrogens is 326 g/mol. The van der Waals surface area contributed by atoms with Crippen LogP contribution in [0, 0.1) is 10.1 Å². The van der Waals surface area contributed by atoms with Gasteiger partial charge >= 0.3 is 0 Å². The van der Waals surface area contributed by atoms with Gasteiger partial charge in [-0.25, -0.2) is 0 Å². The van der Waals surface area contributed by atoms with E-state index in [2.05, 4.69) is 10.9 Å². The number of rotatable bonds is 5. The molecule has 130 valence electrons. The number of amides is 2. The van der Waals surface area contributed by atoms with Crippen LogP contribution in [0.2, 0.25) is 0 Å². The molecule has 0 fully saturated rings. The summed E-state index contributed by atoms with van der Waals surface area (Å²) in [6.07, 6.45) is 0.0284. The first-order chi connectivity index (χ1) is 11.9. The lowest BCUT2D eigenvalue weighted by Crippen LogP contribution is -2.41. The zero-order chi connectivity index (χ0) is 18.4. The summed E-state index contributed by atoms with van der Waals surface area (Å²) in [4.78, 5) is 33.9. The molecule has 0 saturated heterocycles. The number of nitrogens with zero attached hydrogens (tertiary/aromatic N) is 1. The fourth-order valence-electron chi connectivity index (χ4n) is 1.95. The van der Waals surface area contributed by atoms with Crippen LogP contribution in [0.15, 0.2) is 48.5 Å². The van der Waals surface area contributed by atoms with Crippen LogP contribution >= 0.6 is 0 Å². The number of nitrogens with one attached hydrogen (secondary N) is 2. The number of ether oxygens (including phenoxy) is 1. The van der Waals surface area contributed by atoms with Crippen molar-refractivity contribution in [2.45, 2.75) is 20.0 Å². The first-order valence-electron chi connectivity index (χ1n) is 7.48. The first-order valence-corrected chi connectivity index (χ1v) is 7.48. The van der Waals surface area contributed by atoms with Crippen molar-refractivity contribution in [2.75, 3.05) is 0 Å². The summed E-state index contributed by atoms with van der Waals surface area (Å²) in [5.74, 6) is -0.434. The second kappa shape index (κ2) is 7.91. The van der Waals surface area contributed by atoms with Crippen LogP contribution in [0.1, 0.15) is 34.6 Å². The third-order valence-corrected chi connectivity index (χ3v) is 3.12. The normalized spacial score (nSPS) is 10.2. The van der Waals surface area contributed by atoms with Crippen molar-refractivity contribution in [1.29, 1.82) is 0 Å². The monoisotopic (exact) mass is 343 g/mol. The quantitative estimate of drug-likeness (QED) is 0.640. The van der Waals surface area contributed by atoms with E-state index < -0.39 is 16.7 Å². The molecule has 2 aromatic carbocycles. The summed E-state index contributed by atoms with van der Waals surface area (Å²) in [5, 5.41) is 10.6. The Bertz CT molecular complexity index is 770. The topological polar surface area (TPSA) is 111 Å². The van der Waals surface area contributed by atoms with Crippen molar-refractivity contribution in [2.24, 2.45) is 0 Å². The standard InChI is InChI=1S/C17H17N3O5/c1-11(2)25-15-9-5-13(6-10-15)17(22)19-18-16(21)12-3-7-14(8-4-12)20(23)24/h3-11H,1-2H3,(H,18,21)(H,19,22). The molecule has 0 aliphatic carbocycles. The molecule has 0 bridgehead atoms. The molecule has 2 aromatic rings. The average Bonchev–Trinajstić information content (AvgIpc) is 2.59. The molecule has 0 radical (unpaired) electrons. The Morgan fingerprint density at radius 1 is 0.920 bits per heavy atom. The Morgan fingerprint density at radius 2 is 1.36 bits per heavy atom. The van der Waals surface area contributed by atoms with Crippen molar-refractivity contribution in [3.05, 3.63) is 69.8 Å². The number of carbonyl (C=O) groups is 2. The van der Waals surface area contributed by atoms with Gasteiger partial charge in [-0.15, -0.1) is 0 Å². The van der Waals surface area contributed by atoms with Gasteiger partial charge in [-0.05, 0) is 50.2 Å². The SMILES string of the molecule is CC(C)Oc1ccc(C(=O)NNC(=O)c2ccc([N+](=O)[O-])cc2)cc1. The van der Waals surface area contributed by atoms with Crippen LogP contribution in [-0.4, -0.2) is 22.8 Å². The minimum Gasteiger partial charge on any atom is -0.491 e. The number of nitro benzene ring substituents is 1. The van der Waals surface area contributed by atoms with E-state index in [1.54, 1.807) is 24.3 Å². The van der Waals surface area contributed by atoms with Gasteiger partial charge in [0.25, 0.3) is 17.5 Å². The van der Waals surface area contributed by atoms with E-state index in [4.69, 9.17) is 4.74 Å². The Labute approximate surface area is 143 Å². The third kappa shape index (κ3) is 5.03. The van der Waals surface area contributed by atoms with E-state index in [1.165, 1.54) is 24.3 Å². The van der Waals surface area contributed by atoms with Crippen LogP contribution in [-0.2, 0) is 0 Å². The predicted molar refractivity (Wildman–Crippen MR) is 90.2 cm³/mol. The molecule has 25 heavy (non-hydrogen) atoms. The molecule has 2 N–H and O–H groups in total. The minimum atomic E-state index is -0.581. The minimum absolute atomic E-state index is 0.0284. The predicted octanol–water partition coefficient (Wildman–Crippen LogP) is 2.46. The summed E-state index contributed by atoms with van der Waals surface area (Å²) in [6.45, 7) is 3.79. The molecule has 2 amide bonds. The zero-order valence-corrected chi connectivity index (χ0v) is 13.7. The van der Waals surface area contributed by atoms with E-state index in [0.717, 1.165) is 0 Å². The highest BCUT2D eigenvalue weighted by Gasteiger charge is 2.11. The summed E-state index contributed by atoms with van der Waals surface area (Å²) in [7, 11) is 0. The fraction of sp³-hybridized carbons (Fsp3) is 0.176. The van der Waals surface area contributed by atoms with Crippen LogP contribution < -0.4 is 15.6 Å². The molecule has 8 heteroatoms. The van der Waals surface area contributed by atoms with Crippen molar-refractivity contribution in [3.8, 4) is 5.75 Å². The van der Waals surface area contributed by atoms with Crippen LogP contribution in [0.4, 0.5) is 5.69 Å². The smallest absolute Gasteiger partial charge is 0.269 e. The summed E-state index contributed by atoms with van der Waals surface area (Å²) >= 11 is 0. The zero-order valence-electron chi connectivity index (χ0n) is 13.7. The highest BCUT2D eigenvalue weighted by Crippen LogP contribution is 2.14. The molecule has 0 unspecified atom stereocenters. The van der Waals surface area contributed by atoms with E-state index >= 15 is 0 Å². The van der Waals surface area contributed by atoms with Crippen LogP contribution in [0.25, 0.3) is 0 Å². The van der Waals surface area contributed by atoms with Gasteiger partial charge in [-0.1, -0.05) is 0 Å². The molecule has 0 aliphatic rings. The van der Waals surface area contributed by atoms with E-state index in [0.29, 0.717) is 11.3 Å². The van der Waals surface area contributed by atoms with Gasteiger partial charge in [-0.2, -0.15) is 0 Å². The number of carbonyl (C=O) groups excluding carboxylic acids is 2. The molecule has 0 saturated carbocycles. The molecular formula is C17H17N3O5. The number of hydrogen-bond acceptors (Lipinski definition) is 5. The van der Waals surface area contributed by atoms with Gasteiger partial charge < -0.3 is 4.74 Å². The second-order valence-electron chi connectivity index (χ2n) is 5.40. The molecule has 0 aromatic heterocycles. The lowest BCUT2D eigenvalue weighted by molar-refractivity contribution is -0.384. The molecule has 0 heterocycles. The number of hydrazine groups is 1. The van der Waals surface area contributed by atoms with Gasteiger partial charge in [-0.3, -0.25) is 30.6 Å². The summed E-state index contributed by atoms with van der Waals surface area (Å²) in [6, 6.07) is 11.5. The van der Waals surface area contributed by atoms with Crippen LogP contribution in [0.3, 0.4) is 0 Å². The van der Waals surface area contributed by atoms with E-state index in [9.17, 15) is 19.7 Å². The van der Waals surface area contributed by atoms with Gasteiger partial charge in [0.15, 0.2) is 0 Å². The van der Waals surface area contributed by atoms with Gasteiger partial charge in [0.2, 0.25) is 0 Å². The van der Waals surface area contributed by atoms with Crippen molar-refractivity contribution in [1.82, 2.24) is 10.9 Å². The van der Waals surface area contributed by atoms with E-state index in [-0.39, 0.29) is 17.4 Å². The number of non-ortho nitro benzene ring substituents is 1. The maximum Gasteiger partial charge on any atom is 0.269 e. The Morgan fingerprint density at radius 3 is 1.76 bits per heavy atom. The number of hydrogen-bond donors (Lipinski definition) is 2. The molecule has 0 aliphatic heterocycles. The maximum absolute atomic E-state index is 12.0. The number of nitro groups is 1. The third-order valence-electron chi connectivity index (χ3n) is 3.12. The average molecular weight is 343 g/mol. The largest absolute Gasteiger partial charge is 0.491 e. The van der Waals surface area contributed by atoms with Gasteiger partial charge in [0.05, 0.1) is 11.0 Å². The highest BCUT2D eigenvalue weighted by atomic mass is 16.6. The lowest BCUT2D eigenvalue weighted by atomic mass is 10.2. The van der Waals surface area contributed by atoms with Crippen molar-refractivity contribution >= 4 is 17.5 Å². The Balaban J connectivity index is 1.92. The molecule has 2 rings (SSSR count). The van der Waals surface area contributed by atoms with Gasteiger partial charge in [0, 0.05) is 23.3 Å². The van der Waals surface area contributed by atoms with Gasteiger partial charge in [0.1, 0.15) is 5.75 Å². The number of benzene rings is 2. The summed E-state index contributed by atoms with van der Waals surface area (Å²) < 4.78 is 5.48. The van der Waals surface area contributed by atoms with Crippen LogP contribution in [0.5, 0.6) is 5.75 Å². The first kappa shape index (κ1) is 17.9. The second-order valence-corrected chi connectivity index (χ2v) is 5.40. The highest BCUT2D eigenvalue weighted by molar-refractivity contribution is 5.99. The maximum atomic E-state index is 12.0. The van der Waals surface area contributed by atoms with Crippen molar-refractivity contribution < 1.29 is 19.2 Å². The molecule has 0 spiro atoms. The van der Waals surface area contributed by atoms with Crippen molar-refractivity contribution in [3.63, 3.8) is 0 Å². The van der Waals surface area contributed by atoms with E-state index in [1.807, 2.05) is 13.8 Å².